The number of sulfonamides is 1. The van der Waals surface area contributed by atoms with Crippen LogP contribution in [0.15, 0.2) is 10.7 Å². The van der Waals surface area contributed by atoms with E-state index in [-0.39, 0.29) is 18.2 Å². The maximum absolute atomic E-state index is 10.8. The van der Waals surface area contributed by atoms with Gasteiger partial charge in [0.25, 0.3) is 0 Å². The minimum atomic E-state index is -3.45. The largest absolute Gasteiger partial charge is 0.369 e. The summed E-state index contributed by atoms with van der Waals surface area (Å²) < 4.78 is 22.2. The van der Waals surface area contributed by atoms with Crippen LogP contribution < -0.4 is 10.5 Å². The first kappa shape index (κ1) is 14.3. The quantitative estimate of drug-likeness (QED) is 0.790. The molecule has 17 heavy (non-hydrogen) atoms. The summed E-state index contributed by atoms with van der Waals surface area (Å²) in [6.07, 6.45) is 0. The van der Waals surface area contributed by atoms with Crippen LogP contribution in [0.5, 0.6) is 0 Å². The standard InChI is InChI=1S/C9H15BrN4O2S/c1-6(2)9-13-7(10)5-8(14-9)12-3-4-17(11,15)16/h5-6H,3-4H2,1-2H3,(H2,11,15,16)(H,12,13,14). The number of halogens is 1. The van der Waals surface area contributed by atoms with Crippen LogP contribution in [0.3, 0.4) is 0 Å². The molecule has 0 aliphatic heterocycles. The van der Waals surface area contributed by atoms with Crippen molar-refractivity contribution >= 4 is 31.8 Å². The molecule has 6 nitrogen and oxygen atoms in total. The summed E-state index contributed by atoms with van der Waals surface area (Å²) in [5, 5.41) is 7.79. The molecule has 1 rings (SSSR count). The van der Waals surface area contributed by atoms with Crippen molar-refractivity contribution in [2.75, 3.05) is 17.6 Å². The maximum Gasteiger partial charge on any atom is 0.210 e. The van der Waals surface area contributed by atoms with Crippen molar-refractivity contribution in [3.05, 3.63) is 16.5 Å². The van der Waals surface area contributed by atoms with E-state index in [9.17, 15) is 8.42 Å². The van der Waals surface area contributed by atoms with Crippen LogP contribution in [0.4, 0.5) is 5.82 Å². The molecule has 8 heteroatoms. The van der Waals surface area contributed by atoms with Gasteiger partial charge in [0.05, 0.1) is 5.75 Å². The molecule has 0 saturated heterocycles. The van der Waals surface area contributed by atoms with Crippen LogP contribution in [-0.4, -0.2) is 30.7 Å². The summed E-state index contributed by atoms with van der Waals surface area (Å²) in [6, 6.07) is 1.69. The van der Waals surface area contributed by atoms with Gasteiger partial charge in [0.2, 0.25) is 10.0 Å². The van der Waals surface area contributed by atoms with Gasteiger partial charge in [-0.2, -0.15) is 0 Å². The van der Waals surface area contributed by atoms with Crippen LogP contribution in [0.2, 0.25) is 0 Å². The molecule has 0 aliphatic rings. The van der Waals surface area contributed by atoms with Crippen molar-refractivity contribution in [3.8, 4) is 0 Å². The topological polar surface area (TPSA) is 98.0 Å². The molecule has 1 aromatic rings. The number of aromatic nitrogens is 2. The predicted octanol–water partition coefficient (Wildman–Crippen LogP) is 1.06. The van der Waals surface area contributed by atoms with Gasteiger partial charge in [-0.25, -0.2) is 23.5 Å². The van der Waals surface area contributed by atoms with E-state index in [0.717, 1.165) is 0 Å². The van der Waals surface area contributed by atoms with Gasteiger partial charge in [-0.15, -0.1) is 0 Å². The fourth-order valence-corrected chi connectivity index (χ4v) is 1.89. The molecule has 0 radical (unpaired) electrons. The first-order valence-corrected chi connectivity index (χ1v) is 7.57. The average molecular weight is 323 g/mol. The second-order valence-corrected chi connectivity index (χ2v) is 6.43. The van der Waals surface area contributed by atoms with E-state index in [2.05, 4.69) is 31.2 Å². The molecule has 96 valence electrons. The Morgan fingerprint density at radius 1 is 1.47 bits per heavy atom. The van der Waals surface area contributed by atoms with Crippen LogP contribution in [-0.2, 0) is 10.0 Å². The molecular formula is C9H15BrN4O2S. The summed E-state index contributed by atoms with van der Waals surface area (Å²) >= 11 is 3.28. The number of hydrogen-bond donors (Lipinski definition) is 2. The Balaban J connectivity index is 2.71. The Morgan fingerprint density at radius 3 is 2.65 bits per heavy atom. The summed E-state index contributed by atoms with van der Waals surface area (Å²) in [5.41, 5.74) is 0. The third kappa shape index (κ3) is 5.42. The molecule has 0 aliphatic carbocycles. The van der Waals surface area contributed by atoms with Gasteiger partial charge in [0.15, 0.2) is 0 Å². The maximum atomic E-state index is 10.8. The third-order valence-corrected chi connectivity index (χ3v) is 3.10. The molecule has 0 spiro atoms. The van der Waals surface area contributed by atoms with Crippen molar-refractivity contribution in [1.82, 2.24) is 9.97 Å². The molecule has 0 amide bonds. The smallest absolute Gasteiger partial charge is 0.210 e. The molecule has 1 heterocycles. The zero-order chi connectivity index (χ0) is 13.1. The molecule has 1 aromatic heterocycles. The fraction of sp³-hybridized carbons (Fsp3) is 0.556. The molecule has 0 saturated carbocycles. The Bertz CT molecular complexity index is 490. The SMILES string of the molecule is CC(C)c1nc(Br)cc(NCCS(N)(=O)=O)n1. The van der Waals surface area contributed by atoms with Crippen LogP contribution in [0, 0.1) is 0 Å². The van der Waals surface area contributed by atoms with Gasteiger partial charge in [-0.3, -0.25) is 0 Å². The van der Waals surface area contributed by atoms with E-state index in [4.69, 9.17) is 5.14 Å². The monoisotopic (exact) mass is 322 g/mol. The average Bonchev–Trinajstić information content (AvgIpc) is 2.14. The lowest BCUT2D eigenvalue weighted by Crippen LogP contribution is -2.22. The number of nitrogens with one attached hydrogen (secondary N) is 1. The Hall–Kier alpha value is -0.730. The second kappa shape index (κ2) is 5.74. The van der Waals surface area contributed by atoms with Gasteiger partial charge in [0, 0.05) is 18.5 Å². The predicted molar refractivity (Wildman–Crippen MR) is 70.3 cm³/mol. The minimum absolute atomic E-state index is 0.133. The van der Waals surface area contributed by atoms with Gasteiger partial charge in [-0.1, -0.05) is 13.8 Å². The Labute approximate surface area is 109 Å². The van der Waals surface area contributed by atoms with Gasteiger partial charge in [0.1, 0.15) is 16.2 Å². The number of hydrogen-bond acceptors (Lipinski definition) is 5. The molecule has 0 unspecified atom stereocenters. The van der Waals surface area contributed by atoms with E-state index in [1.54, 1.807) is 6.07 Å². The zero-order valence-electron chi connectivity index (χ0n) is 9.64. The highest BCUT2D eigenvalue weighted by Gasteiger charge is 2.07. The van der Waals surface area contributed by atoms with Crippen LogP contribution in [0.1, 0.15) is 25.6 Å². The Morgan fingerprint density at radius 2 is 2.12 bits per heavy atom. The molecular weight excluding hydrogens is 308 g/mol. The van der Waals surface area contributed by atoms with Crippen molar-refractivity contribution in [3.63, 3.8) is 0 Å². The lowest BCUT2D eigenvalue weighted by molar-refractivity contribution is 0.598. The van der Waals surface area contributed by atoms with Crippen molar-refractivity contribution in [2.45, 2.75) is 19.8 Å². The molecule has 0 atom stereocenters. The number of anilines is 1. The van der Waals surface area contributed by atoms with Gasteiger partial charge in [-0.05, 0) is 15.9 Å². The molecule has 0 aromatic carbocycles. The van der Waals surface area contributed by atoms with E-state index in [0.29, 0.717) is 16.2 Å². The Kier molecular flexibility index (Phi) is 4.84. The van der Waals surface area contributed by atoms with Crippen molar-refractivity contribution in [2.24, 2.45) is 5.14 Å². The van der Waals surface area contributed by atoms with E-state index < -0.39 is 10.0 Å². The number of nitrogens with zero attached hydrogens (tertiary/aromatic N) is 2. The summed E-state index contributed by atoms with van der Waals surface area (Å²) in [4.78, 5) is 8.48. The normalized spacial score (nSPS) is 11.8. The lowest BCUT2D eigenvalue weighted by atomic mass is 10.2. The third-order valence-electron chi connectivity index (χ3n) is 1.92. The lowest BCUT2D eigenvalue weighted by Gasteiger charge is -2.09. The van der Waals surface area contributed by atoms with Crippen molar-refractivity contribution in [1.29, 1.82) is 0 Å². The molecule has 0 fully saturated rings. The number of nitrogens with two attached hydrogens (primary N) is 1. The first-order valence-electron chi connectivity index (χ1n) is 5.07. The zero-order valence-corrected chi connectivity index (χ0v) is 12.0. The molecule has 0 bridgehead atoms. The van der Waals surface area contributed by atoms with Gasteiger partial charge < -0.3 is 5.32 Å². The van der Waals surface area contributed by atoms with E-state index in [1.165, 1.54) is 0 Å². The summed E-state index contributed by atoms with van der Waals surface area (Å²) in [7, 11) is -3.45. The fourth-order valence-electron chi connectivity index (χ4n) is 1.11. The van der Waals surface area contributed by atoms with Crippen LogP contribution >= 0.6 is 15.9 Å². The second-order valence-electron chi connectivity index (χ2n) is 3.88. The minimum Gasteiger partial charge on any atom is -0.369 e. The van der Waals surface area contributed by atoms with E-state index >= 15 is 0 Å². The molecule has 3 N–H and O–H groups in total. The highest BCUT2D eigenvalue weighted by Crippen LogP contribution is 2.17. The highest BCUT2D eigenvalue weighted by atomic mass is 79.9. The summed E-state index contributed by atoms with van der Waals surface area (Å²) in [6.45, 7) is 4.19. The highest BCUT2D eigenvalue weighted by molar-refractivity contribution is 9.10. The van der Waals surface area contributed by atoms with Crippen LogP contribution in [0.25, 0.3) is 0 Å². The van der Waals surface area contributed by atoms with Gasteiger partial charge >= 0.3 is 0 Å². The number of rotatable bonds is 5. The van der Waals surface area contributed by atoms with E-state index in [1.807, 2.05) is 13.8 Å². The number of primary sulfonamides is 1. The van der Waals surface area contributed by atoms with Crippen molar-refractivity contribution < 1.29 is 8.42 Å². The first-order chi connectivity index (χ1) is 7.78. The summed E-state index contributed by atoms with van der Waals surface area (Å²) in [5.74, 6) is 1.34.